The summed E-state index contributed by atoms with van der Waals surface area (Å²) >= 11 is 0. The van der Waals surface area contributed by atoms with E-state index in [1.54, 1.807) is 13.8 Å². The normalized spacial score (nSPS) is 25.0. The molecule has 6 N–H and O–H groups in total. The van der Waals surface area contributed by atoms with Crippen LogP contribution in [0.2, 0.25) is 0 Å². The van der Waals surface area contributed by atoms with E-state index in [9.17, 15) is 58.6 Å². The van der Waals surface area contributed by atoms with Crippen LogP contribution in [0.4, 0.5) is 0 Å². The van der Waals surface area contributed by atoms with Crippen LogP contribution in [0.3, 0.4) is 0 Å². The molecule has 3 atom stereocenters. The Morgan fingerprint density at radius 3 is 2.00 bits per heavy atom. The van der Waals surface area contributed by atoms with Gasteiger partial charge in [0.15, 0.2) is 15.2 Å². The Labute approximate surface area is 269 Å². The van der Waals surface area contributed by atoms with Crippen LogP contribution in [0, 0.1) is 12.8 Å². The average molecular weight is 676 g/mol. The molecule has 0 amide bonds. The molecular formula is C31H35N2O13S. The SMILES string of the molecule is Cc1ccc(C2(C3=CC(O)(CN(CC(=O)O)CC(=O)O)C(C)C=C3)OS([O])(=O)(CN(CC(=O)O)CC(=O)O)c3ccccc32)cc1O. The van der Waals surface area contributed by atoms with Crippen LogP contribution in [0.15, 0.2) is 71.2 Å². The second kappa shape index (κ2) is 12.6. The minimum Gasteiger partial charge on any atom is -0.508 e. The number of carbonyl (C=O) groups is 4. The molecular weight excluding hydrogens is 640 g/mol. The van der Waals surface area contributed by atoms with Crippen LogP contribution in [-0.2, 0) is 43.1 Å². The number of hydrogen-bond donors (Lipinski definition) is 6. The zero-order valence-electron chi connectivity index (χ0n) is 25.4. The second-order valence-corrected chi connectivity index (χ2v) is 14.6. The van der Waals surface area contributed by atoms with Gasteiger partial charge in [-0.05, 0) is 41.8 Å². The van der Waals surface area contributed by atoms with Crippen molar-refractivity contribution in [3.8, 4) is 5.75 Å². The van der Waals surface area contributed by atoms with Crippen molar-refractivity contribution in [2.45, 2.75) is 29.9 Å². The van der Waals surface area contributed by atoms with Crippen LogP contribution < -0.4 is 0 Å². The standard InChI is InChI=1S/C31H35N2O13S/c1-19-7-9-21(11-24(19)34)31(22-10-8-20(2)30(43,12-22)17-32(13-26(35)36)14-27(37)38)23-5-3-4-6-25(23)47(44,45,46-31)18-33(15-28(39)40)16-29(41)42/h3-12,20,34,43H,13-18H2,1-2H3,(H,35,36)(H,37,38)(H,39,40)(H,41,42). The van der Waals surface area contributed by atoms with Gasteiger partial charge in [-0.3, -0.25) is 33.2 Å². The topological polar surface area (TPSA) is 242 Å². The Balaban J connectivity index is 1.99. The Morgan fingerprint density at radius 2 is 1.45 bits per heavy atom. The molecule has 4 rings (SSSR count). The zero-order chi connectivity index (χ0) is 35.0. The first-order valence-corrected chi connectivity index (χ1v) is 16.2. The molecule has 47 heavy (non-hydrogen) atoms. The molecule has 16 heteroatoms. The van der Waals surface area contributed by atoms with Gasteiger partial charge in [-0.1, -0.05) is 49.4 Å². The number of fused-ring (bicyclic) bond motifs is 1. The third kappa shape index (κ3) is 7.12. The largest absolute Gasteiger partial charge is 0.508 e. The number of carboxylic acid groups (broad SMARTS) is 4. The molecule has 0 bridgehead atoms. The maximum absolute atomic E-state index is 14.9. The Kier molecular flexibility index (Phi) is 9.51. The molecule has 2 aromatic carbocycles. The van der Waals surface area contributed by atoms with Crippen molar-refractivity contribution in [3.63, 3.8) is 0 Å². The van der Waals surface area contributed by atoms with E-state index in [1.807, 2.05) is 0 Å². The highest BCUT2D eigenvalue weighted by Gasteiger charge is 2.61. The lowest BCUT2D eigenvalue weighted by atomic mass is 9.73. The summed E-state index contributed by atoms with van der Waals surface area (Å²) in [6.45, 7) is -0.698. The first-order valence-electron chi connectivity index (χ1n) is 14.2. The minimum absolute atomic E-state index is 0.00147. The van der Waals surface area contributed by atoms with Gasteiger partial charge < -0.3 is 30.6 Å². The molecule has 1 aliphatic heterocycles. The first-order chi connectivity index (χ1) is 21.8. The monoisotopic (exact) mass is 675 g/mol. The molecule has 0 saturated heterocycles. The van der Waals surface area contributed by atoms with E-state index in [2.05, 4.69) is 0 Å². The second-order valence-electron chi connectivity index (χ2n) is 11.8. The number of sulfone groups is 1. The quantitative estimate of drug-likeness (QED) is 0.165. The van der Waals surface area contributed by atoms with Gasteiger partial charge in [0.25, 0.3) is 0 Å². The number of rotatable bonds is 14. The van der Waals surface area contributed by atoms with Crippen LogP contribution in [0.5, 0.6) is 5.75 Å². The number of aliphatic hydroxyl groups is 1. The van der Waals surface area contributed by atoms with Gasteiger partial charge in [0.05, 0.1) is 31.1 Å². The number of phenolic OH excluding ortho intramolecular Hbond substituents is 1. The van der Waals surface area contributed by atoms with Crippen molar-refractivity contribution in [1.82, 2.24) is 9.80 Å². The third-order valence-corrected chi connectivity index (χ3v) is 10.7. The number of benzene rings is 2. The highest BCUT2D eigenvalue weighted by Crippen LogP contribution is 2.60. The summed E-state index contributed by atoms with van der Waals surface area (Å²) in [6, 6.07) is 9.82. The van der Waals surface area contributed by atoms with Crippen LogP contribution in [0.25, 0.3) is 0 Å². The van der Waals surface area contributed by atoms with Gasteiger partial charge in [-0.2, -0.15) is 0 Å². The summed E-state index contributed by atoms with van der Waals surface area (Å²) in [4.78, 5) is 47.5. The van der Waals surface area contributed by atoms with Gasteiger partial charge in [-0.15, -0.1) is 4.55 Å². The summed E-state index contributed by atoms with van der Waals surface area (Å²) in [6.07, 6.45) is 4.25. The number of aryl methyl sites for hydroxylation is 1. The molecule has 1 radical (unpaired) electrons. The van der Waals surface area contributed by atoms with E-state index < -0.39 is 94.1 Å². The lowest BCUT2D eigenvalue weighted by molar-refractivity contribution is -0.144. The number of phenols is 1. The van der Waals surface area contributed by atoms with E-state index >= 15 is 0 Å². The van der Waals surface area contributed by atoms with E-state index in [1.165, 1.54) is 60.7 Å². The van der Waals surface area contributed by atoms with Gasteiger partial charge in [0, 0.05) is 18.0 Å². The lowest BCUT2D eigenvalue weighted by Gasteiger charge is -2.42. The Bertz CT molecular complexity index is 1720. The van der Waals surface area contributed by atoms with Crippen LogP contribution in [0.1, 0.15) is 23.6 Å². The summed E-state index contributed by atoms with van der Waals surface area (Å²) < 4.78 is 36.0. The number of aliphatic carboxylic acids is 4. The smallest absolute Gasteiger partial charge is 0.317 e. The van der Waals surface area contributed by atoms with Crippen molar-refractivity contribution in [2.75, 3.05) is 38.6 Å². The fourth-order valence-corrected chi connectivity index (χ4v) is 8.83. The molecule has 253 valence electrons. The molecule has 1 heterocycles. The molecule has 0 saturated carbocycles. The van der Waals surface area contributed by atoms with E-state index in [0.717, 1.165) is 4.90 Å². The lowest BCUT2D eigenvalue weighted by Crippen LogP contribution is -2.51. The molecule has 0 aromatic heterocycles. The van der Waals surface area contributed by atoms with Crippen molar-refractivity contribution in [3.05, 3.63) is 83.0 Å². The van der Waals surface area contributed by atoms with Gasteiger partial charge >= 0.3 is 23.9 Å². The molecule has 2 aliphatic rings. The van der Waals surface area contributed by atoms with Crippen LogP contribution in [-0.4, -0.2) is 113 Å². The van der Waals surface area contributed by atoms with Crippen molar-refractivity contribution in [2.24, 2.45) is 5.92 Å². The fourth-order valence-electron chi connectivity index (χ4n) is 5.97. The molecule has 3 unspecified atom stereocenters. The van der Waals surface area contributed by atoms with E-state index in [0.29, 0.717) is 10.5 Å². The van der Waals surface area contributed by atoms with Gasteiger partial charge in [0.1, 0.15) is 17.2 Å². The number of hydrogen-bond acceptors (Lipinski definition) is 10. The molecule has 0 fully saturated rings. The summed E-state index contributed by atoms with van der Waals surface area (Å²) in [5.74, 6) is -7.85. The Morgan fingerprint density at radius 1 is 0.894 bits per heavy atom. The van der Waals surface area contributed by atoms with Crippen LogP contribution >= 0.6 is 0 Å². The van der Waals surface area contributed by atoms with E-state index in [-0.39, 0.29) is 22.4 Å². The maximum Gasteiger partial charge on any atom is 0.317 e. The summed E-state index contributed by atoms with van der Waals surface area (Å²) in [5, 5.41) is 60.3. The Hall–Kier alpha value is -4.45. The zero-order valence-corrected chi connectivity index (χ0v) is 26.3. The minimum atomic E-state index is -5.96. The highest BCUT2D eigenvalue weighted by molar-refractivity contribution is 8.11. The molecule has 1 aliphatic carbocycles. The highest BCUT2D eigenvalue weighted by atomic mass is 32.3. The van der Waals surface area contributed by atoms with Gasteiger partial charge in [-0.25, -0.2) is 4.21 Å². The molecule has 0 spiro atoms. The number of carboxylic acids is 4. The fraction of sp³-hybridized carbons (Fsp3) is 0.355. The molecule has 2 aromatic rings. The molecule has 15 nitrogen and oxygen atoms in total. The van der Waals surface area contributed by atoms with Crippen molar-refractivity contribution < 1.29 is 62.8 Å². The summed E-state index contributed by atoms with van der Waals surface area (Å²) in [5.41, 5.74) is -3.62. The van der Waals surface area contributed by atoms with Crippen molar-refractivity contribution >= 4 is 33.5 Å². The maximum atomic E-state index is 14.9. The first kappa shape index (κ1) is 35.4. The predicted octanol–water partition coefficient (Wildman–Crippen LogP) is 1.18. The van der Waals surface area contributed by atoms with E-state index in [4.69, 9.17) is 4.18 Å². The average Bonchev–Trinajstić information content (AvgIpc) is 3.15. The predicted molar refractivity (Wildman–Crippen MR) is 163 cm³/mol. The third-order valence-electron chi connectivity index (χ3n) is 8.08. The number of aromatic hydroxyl groups is 1. The van der Waals surface area contributed by atoms with Crippen molar-refractivity contribution in [1.29, 1.82) is 0 Å². The number of nitrogens with zero attached hydrogens (tertiary/aromatic N) is 2. The summed E-state index contributed by atoms with van der Waals surface area (Å²) in [7, 11) is -5.96. The van der Waals surface area contributed by atoms with Gasteiger partial charge in [0.2, 0.25) is 0 Å².